The molecule has 0 radical (unpaired) electrons. The molecular weight excluding hydrogens is 276 g/mol. The van der Waals surface area contributed by atoms with Gasteiger partial charge in [0.2, 0.25) is 0 Å². The van der Waals surface area contributed by atoms with Crippen molar-refractivity contribution < 1.29 is 0 Å². The molecular formula is C13H16N4S2. The fourth-order valence-corrected chi connectivity index (χ4v) is 4.93. The molecule has 1 saturated heterocycles. The lowest BCUT2D eigenvalue weighted by Gasteiger charge is -2.26. The summed E-state index contributed by atoms with van der Waals surface area (Å²) in [6, 6.07) is 10.0. The molecule has 2 unspecified atom stereocenters. The maximum atomic E-state index is 6.42. The second-order valence-corrected chi connectivity index (χ2v) is 6.91. The summed E-state index contributed by atoms with van der Waals surface area (Å²) in [4.78, 5) is 0. The van der Waals surface area contributed by atoms with Crippen LogP contribution in [0, 0.1) is 0 Å². The lowest BCUT2D eigenvalue weighted by molar-refractivity contribution is 0.649. The minimum atomic E-state index is -0.0204. The molecule has 0 amide bonds. The Labute approximate surface area is 121 Å². The van der Waals surface area contributed by atoms with Crippen LogP contribution in [0.15, 0.2) is 36.5 Å². The van der Waals surface area contributed by atoms with Gasteiger partial charge in [-0.1, -0.05) is 23.4 Å². The smallest absolute Gasteiger partial charge is 0.0824 e. The summed E-state index contributed by atoms with van der Waals surface area (Å²) < 4.78 is 1.85. The molecule has 0 bridgehead atoms. The largest absolute Gasteiger partial charge is 0.322 e. The molecule has 1 aliphatic rings. The van der Waals surface area contributed by atoms with Gasteiger partial charge in [0.05, 0.1) is 23.6 Å². The number of aromatic nitrogens is 3. The first-order valence-electron chi connectivity index (χ1n) is 6.27. The van der Waals surface area contributed by atoms with Crippen LogP contribution in [0.2, 0.25) is 0 Å². The topological polar surface area (TPSA) is 56.7 Å². The summed E-state index contributed by atoms with van der Waals surface area (Å²) in [5.41, 5.74) is 8.42. The van der Waals surface area contributed by atoms with Crippen LogP contribution in [0.1, 0.15) is 11.7 Å². The second-order valence-electron chi connectivity index (χ2n) is 4.42. The summed E-state index contributed by atoms with van der Waals surface area (Å²) in [6.07, 6.45) is 1.79. The van der Waals surface area contributed by atoms with E-state index < -0.39 is 0 Å². The second kappa shape index (κ2) is 5.98. The molecule has 4 nitrogen and oxygen atoms in total. The van der Waals surface area contributed by atoms with E-state index in [-0.39, 0.29) is 6.04 Å². The van der Waals surface area contributed by atoms with Gasteiger partial charge < -0.3 is 5.73 Å². The van der Waals surface area contributed by atoms with Crippen molar-refractivity contribution in [3.05, 3.63) is 42.2 Å². The van der Waals surface area contributed by atoms with Crippen molar-refractivity contribution >= 4 is 23.5 Å². The van der Waals surface area contributed by atoms with E-state index in [0.717, 1.165) is 17.1 Å². The highest BCUT2D eigenvalue weighted by molar-refractivity contribution is 8.06. The zero-order valence-corrected chi connectivity index (χ0v) is 12.1. The highest BCUT2D eigenvalue weighted by Crippen LogP contribution is 2.32. The number of thioether (sulfide) groups is 2. The van der Waals surface area contributed by atoms with E-state index in [4.69, 9.17) is 5.73 Å². The van der Waals surface area contributed by atoms with Crippen LogP contribution in [0.3, 0.4) is 0 Å². The summed E-state index contributed by atoms with van der Waals surface area (Å²) in [6.45, 7) is 0. The van der Waals surface area contributed by atoms with Gasteiger partial charge in [-0.15, -0.1) is 5.10 Å². The Hall–Kier alpha value is -0.980. The van der Waals surface area contributed by atoms with E-state index in [1.807, 2.05) is 58.5 Å². The lowest BCUT2D eigenvalue weighted by Crippen LogP contribution is -2.30. The van der Waals surface area contributed by atoms with Gasteiger partial charge in [0.1, 0.15) is 0 Å². The standard InChI is InChI=1S/C13H16N4S2/c14-13(12-9-18-6-7-19-12)11-8-15-16-17(11)10-4-2-1-3-5-10/h1-5,8,12-13H,6-7,9,14H2. The van der Waals surface area contributed by atoms with Crippen LogP contribution in [-0.2, 0) is 0 Å². The quantitative estimate of drug-likeness (QED) is 0.939. The molecule has 1 aliphatic heterocycles. The third kappa shape index (κ3) is 2.80. The molecule has 1 aromatic carbocycles. The van der Waals surface area contributed by atoms with Gasteiger partial charge in [0.25, 0.3) is 0 Å². The highest BCUT2D eigenvalue weighted by atomic mass is 32.2. The van der Waals surface area contributed by atoms with Crippen molar-refractivity contribution in [3.8, 4) is 5.69 Å². The number of hydrogen-bond donors (Lipinski definition) is 1. The Morgan fingerprint density at radius 3 is 2.84 bits per heavy atom. The SMILES string of the molecule is NC(c1cnnn1-c1ccccc1)C1CSCCS1. The minimum Gasteiger partial charge on any atom is -0.322 e. The summed E-state index contributed by atoms with van der Waals surface area (Å²) >= 11 is 3.94. The number of benzene rings is 1. The van der Waals surface area contributed by atoms with E-state index in [9.17, 15) is 0 Å². The van der Waals surface area contributed by atoms with E-state index in [0.29, 0.717) is 5.25 Å². The first-order chi connectivity index (χ1) is 9.36. The van der Waals surface area contributed by atoms with Crippen LogP contribution in [0.5, 0.6) is 0 Å². The van der Waals surface area contributed by atoms with Gasteiger partial charge in [-0.05, 0) is 12.1 Å². The summed E-state index contributed by atoms with van der Waals surface area (Å²) in [7, 11) is 0. The maximum Gasteiger partial charge on any atom is 0.0824 e. The third-order valence-corrected chi connectivity index (χ3v) is 6.05. The molecule has 0 spiro atoms. The van der Waals surface area contributed by atoms with Crippen molar-refractivity contribution in [2.24, 2.45) is 5.73 Å². The van der Waals surface area contributed by atoms with Gasteiger partial charge in [-0.25, -0.2) is 4.68 Å². The van der Waals surface area contributed by atoms with Gasteiger partial charge >= 0.3 is 0 Å². The van der Waals surface area contributed by atoms with Gasteiger partial charge in [0, 0.05) is 22.5 Å². The molecule has 1 fully saturated rings. The van der Waals surface area contributed by atoms with Crippen molar-refractivity contribution in [1.82, 2.24) is 15.0 Å². The van der Waals surface area contributed by atoms with Crippen LogP contribution in [0.4, 0.5) is 0 Å². The van der Waals surface area contributed by atoms with Crippen molar-refractivity contribution in [2.45, 2.75) is 11.3 Å². The molecule has 2 heterocycles. The molecule has 3 rings (SSSR count). The number of hydrogen-bond acceptors (Lipinski definition) is 5. The van der Waals surface area contributed by atoms with E-state index in [1.165, 1.54) is 11.5 Å². The van der Waals surface area contributed by atoms with Gasteiger partial charge in [-0.2, -0.15) is 23.5 Å². The lowest BCUT2D eigenvalue weighted by atomic mass is 10.1. The first-order valence-corrected chi connectivity index (χ1v) is 8.47. The zero-order valence-electron chi connectivity index (χ0n) is 10.5. The van der Waals surface area contributed by atoms with Crippen molar-refractivity contribution in [1.29, 1.82) is 0 Å². The number of para-hydroxylation sites is 1. The third-order valence-electron chi connectivity index (χ3n) is 3.16. The Balaban J connectivity index is 1.87. The number of rotatable bonds is 3. The fourth-order valence-electron chi connectivity index (χ4n) is 2.14. The Morgan fingerprint density at radius 1 is 1.26 bits per heavy atom. The summed E-state index contributed by atoms with van der Waals surface area (Å²) in [5.74, 6) is 3.51. The fraction of sp³-hybridized carbons (Fsp3) is 0.385. The zero-order chi connectivity index (χ0) is 13.1. The number of nitrogens with two attached hydrogens (primary N) is 1. The van der Waals surface area contributed by atoms with Gasteiger partial charge in [-0.3, -0.25) is 0 Å². The van der Waals surface area contributed by atoms with Crippen molar-refractivity contribution in [3.63, 3.8) is 0 Å². The Morgan fingerprint density at radius 2 is 2.11 bits per heavy atom. The van der Waals surface area contributed by atoms with Crippen LogP contribution < -0.4 is 5.73 Å². The van der Waals surface area contributed by atoms with E-state index >= 15 is 0 Å². The molecule has 2 atom stereocenters. The maximum absolute atomic E-state index is 6.42. The molecule has 0 aliphatic carbocycles. The molecule has 1 aromatic heterocycles. The highest BCUT2D eigenvalue weighted by Gasteiger charge is 2.26. The molecule has 2 N–H and O–H groups in total. The number of nitrogens with zero attached hydrogens (tertiary/aromatic N) is 3. The molecule has 2 aromatic rings. The molecule has 100 valence electrons. The summed E-state index contributed by atoms with van der Waals surface area (Å²) in [5, 5.41) is 8.65. The normalized spacial score (nSPS) is 21.2. The van der Waals surface area contributed by atoms with Crippen LogP contribution >= 0.6 is 23.5 Å². The predicted molar refractivity (Wildman–Crippen MR) is 81.9 cm³/mol. The molecule has 6 heteroatoms. The Bertz CT molecular complexity index is 522. The minimum absolute atomic E-state index is 0.0204. The first kappa shape index (κ1) is 13.0. The van der Waals surface area contributed by atoms with Crippen LogP contribution in [-0.4, -0.2) is 37.5 Å². The molecule has 0 saturated carbocycles. The van der Waals surface area contributed by atoms with Crippen molar-refractivity contribution in [2.75, 3.05) is 17.3 Å². The average molecular weight is 292 g/mol. The van der Waals surface area contributed by atoms with E-state index in [2.05, 4.69) is 10.3 Å². The van der Waals surface area contributed by atoms with E-state index in [1.54, 1.807) is 6.20 Å². The Kier molecular flexibility index (Phi) is 4.10. The van der Waals surface area contributed by atoms with Gasteiger partial charge in [0.15, 0.2) is 0 Å². The van der Waals surface area contributed by atoms with Crippen LogP contribution in [0.25, 0.3) is 5.69 Å². The average Bonchev–Trinajstić information content (AvgIpc) is 2.98. The predicted octanol–water partition coefficient (Wildman–Crippen LogP) is 2.12. The monoisotopic (exact) mass is 292 g/mol. The molecule has 19 heavy (non-hydrogen) atoms.